The Morgan fingerprint density at radius 1 is 1.44 bits per heavy atom. The average molecular weight is 254 g/mol. The Balaban J connectivity index is 2.35. The topological polar surface area (TPSA) is 49.4 Å². The van der Waals surface area contributed by atoms with Crippen LogP contribution in [0, 0.1) is 11.8 Å². The molecule has 18 heavy (non-hydrogen) atoms. The molecule has 0 bridgehead atoms. The molecule has 0 radical (unpaired) electrons. The van der Waals surface area contributed by atoms with Crippen molar-refractivity contribution in [2.24, 2.45) is 11.8 Å². The molecule has 4 nitrogen and oxygen atoms in total. The molecule has 1 N–H and O–H groups in total. The Hall–Kier alpha value is -0.900. The molecule has 0 aromatic rings. The van der Waals surface area contributed by atoms with Crippen molar-refractivity contribution in [2.45, 2.75) is 46.1 Å². The molecule has 1 heterocycles. The van der Waals surface area contributed by atoms with Crippen molar-refractivity contribution in [3.05, 3.63) is 0 Å². The molecule has 1 aliphatic heterocycles. The first-order chi connectivity index (χ1) is 8.54. The number of nitrogens with zero attached hydrogens (tertiary/aromatic N) is 1. The Bertz CT molecular complexity index is 279. The van der Waals surface area contributed by atoms with Gasteiger partial charge in [-0.15, -0.1) is 0 Å². The zero-order valence-corrected chi connectivity index (χ0v) is 11.8. The number of hydrogen-bond acceptors (Lipinski definition) is 3. The third-order valence-corrected chi connectivity index (χ3v) is 3.63. The maximum atomic E-state index is 12.0. The number of nitrogens with one attached hydrogen (secondary N) is 1. The third kappa shape index (κ3) is 4.77. The Morgan fingerprint density at radius 3 is 2.78 bits per heavy atom. The van der Waals surface area contributed by atoms with Crippen molar-refractivity contribution in [2.75, 3.05) is 19.6 Å². The highest BCUT2D eigenvalue weighted by Gasteiger charge is 2.26. The first kappa shape index (κ1) is 15.2. The zero-order chi connectivity index (χ0) is 13.5. The van der Waals surface area contributed by atoms with E-state index in [9.17, 15) is 9.59 Å². The van der Waals surface area contributed by atoms with Crippen LogP contribution in [-0.2, 0) is 9.59 Å². The molecule has 1 saturated heterocycles. The molecule has 2 atom stereocenters. The second kappa shape index (κ2) is 7.52. The van der Waals surface area contributed by atoms with E-state index in [0.717, 1.165) is 45.2 Å². The second-order valence-corrected chi connectivity index (χ2v) is 5.68. The van der Waals surface area contributed by atoms with E-state index in [1.54, 1.807) is 0 Å². The lowest BCUT2D eigenvalue weighted by molar-refractivity contribution is -0.127. The molecule has 4 heteroatoms. The summed E-state index contributed by atoms with van der Waals surface area (Å²) in [6.45, 7) is 8.61. The van der Waals surface area contributed by atoms with Gasteiger partial charge in [-0.05, 0) is 38.6 Å². The average Bonchev–Trinajstić information content (AvgIpc) is 2.37. The van der Waals surface area contributed by atoms with Crippen molar-refractivity contribution >= 4 is 12.2 Å². The van der Waals surface area contributed by atoms with Gasteiger partial charge in [0.2, 0.25) is 5.91 Å². The summed E-state index contributed by atoms with van der Waals surface area (Å²) in [6.07, 6.45) is 4.00. The lowest BCUT2D eigenvalue weighted by atomic mass is 9.98. The molecule has 1 aliphatic rings. The van der Waals surface area contributed by atoms with E-state index in [0.29, 0.717) is 5.92 Å². The fraction of sp³-hybridized carbons (Fsp3) is 0.857. The van der Waals surface area contributed by atoms with Crippen LogP contribution in [0.5, 0.6) is 0 Å². The summed E-state index contributed by atoms with van der Waals surface area (Å²) >= 11 is 0. The number of rotatable bonds is 6. The van der Waals surface area contributed by atoms with Crippen LogP contribution >= 0.6 is 0 Å². The van der Waals surface area contributed by atoms with Crippen LogP contribution in [-0.4, -0.2) is 42.8 Å². The molecule has 1 amide bonds. The molecule has 1 fully saturated rings. The summed E-state index contributed by atoms with van der Waals surface area (Å²) in [5.41, 5.74) is 0. The van der Waals surface area contributed by atoms with Gasteiger partial charge in [0.05, 0.1) is 6.04 Å². The minimum Gasteiger partial charge on any atom is -0.355 e. The van der Waals surface area contributed by atoms with Crippen LogP contribution in [0.3, 0.4) is 0 Å². The molecule has 0 aromatic heterocycles. The van der Waals surface area contributed by atoms with Gasteiger partial charge in [-0.1, -0.05) is 13.8 Å². The van der Waals surface area contributed by atoms with Crippen LogP contribution in [0.15, 0.2) is 0 Å². The van der Waals surface area contributed by atoms with E-state index in [1.807, 2.05) is 6.92 Å². The highest BCUT2D eigenvalue weighted by Crippen LogP contribution is 2.16. The predicted octanol–water partition coefficient (Wildman–Crippen LogP) is 1.45. The number of carbonyl (C=O) groups is 2. The SMILES string of the molecule is CC(C)CCNC(=O)C(C)N1CCCC(C=O)C1. The maximum absolute atomic E-state index is 12.0. The maximum Gasteiger partial charge on any atom is 0.237 e. The van der Waals surface area contributed by atoms with Gasteiger partial charge in [0.25, 0.3) is 0 Å². The Labute approximate surface area is 110 Å². The van der Waals surface area contributed by atoms with Crippen LogP contribution in [0.4, 0.5) is 0 Å². The number of carbonyl (C=O) groups excluding carboxylic acids is 2. The summed E-state index contributed by atoms with van der Waals surface area (Å²) in [5.74, 6) is 0.793. The molecule has 0 aliphatic carbocycles. The number of hydrogen-bond donors (Lipinski definition) is 1. The standard InChI is InChI=1S/C14H26N2O2/c1-11(2)6-7-15-14(18)12(3)16-8-4-5-13(9-16)10-17/h10-13H,4-9H2,1-3H3,(H,15,18). The third-order valence-electron chi connectivity index (χ3n) is 3.63. The fourth-order valence-electron chi connectivity index (χ4n) is 2.30. The van der Waals surface area contributed by atoms with Gasteiger partial charge in [0.15, 0.2) is 0 Å². The van der Waals surface area contributed by atoms with Gasteiger partial charge >= 0.3 is 0 Å². The van der Waals surface area contributed by atoms with Gasteiger partial charge < -0.3 is 10.1 Å². The van der Waals surface area contributed by atoms with Crippen LogP contribution in [0.1, 0.15) is 40.0 Å². The van der Waals surface area contributed by atoms with E-state index < -0.39 is 0 Å². The molecule has 0 spiro atoms. The van der Waals surface area contributed by atoms with Crippen LogP contribution in [0.2, 0.25) is 0 Å². The number of likely N-dealkylation sites (tertiary alicyclic amines) is 1. The molecule has 104 valence electrons. The fourth-order valence-corrected chi connectivity index (χ4v) is 2.30. The molecule has 0 saturated carbocycles. The van der Waals surface area contributed by atoms with Crippen molar-refractivity contribution in [3.8, 4) is 0 Å². The van der Waals surface area contributed by atoms with Crippen LogP contribution in [0.25, 0.3) is 0 Å². The lowest BCUT2D eigenvalue weighted by Gasteiger charge is -2.34. The quantitative estimate of drug-likeness (QED) is 0.730. The summed E-state index contributed by atoms with van der Waals surface area (Å²) in [6, 6.07) is -0.125. The van der Waals surface area contributed by atoms with Gasteiger partial charge in [0, 0.05) is 19.0 Å². The highest BCUT2D eigenvalue weighted by atomic mass is 16.2. The van der Waals surface area contributed by atoms with Crippen LogP contribution < -0.4 is 5.32 Å². The molecule has 2 unspecified atom stereocenters. The first-order valence-corrected chi connectivity index (χ1v) is 7.01. The smallest absolute Gasteiger partial charge is 0.237 e. The van der Waals surface area contributed by atoms with Gasteiger partial charge in [-0.25, -0.2) is 0 Å². The number of amides is 1. The van der Waals surface area contributed by atoms with E-state index in [-0.39, 0.29) is 17.9 Å². The monoisotopic (exact) mass is 254 g/mol. The predicted molar refractivity (Wildman–Crippen MR) is 72.3 cm³/mol. The second-order valence-electron chi connectivity index (χ2n) is 5.68. The van der Waals surface area contributed by atoms with E-state index in [1.165, 1.54) is 0 Å². The minimum atomic E-state index is -0.125. The van der Waals surface area contributed by atoms with Crippen molar-refractivity contribution in [1.82, 2.24) is 10.2 Å². The summed E-state index contributed by atoms with van der Waals surface area (Å²) in [5, 5.41) is 2.97. The molecular weight excluding hydrogens is 228 g/mol. The normalized spacial score (nSPS) is 22.8. The largest absolute Gasteiger partial charge is 0.355 e. The summed E-state index contributed by atoms with van der Waals surface area (Å²) < 4.78 is 0. The van der Waals surface area contributed by atoms with Gasteiger partial charge in [-0.2, -0.15) is 0 Å². The van der Waals surface area contributed by atoms with E-state index in [4.69, 9.17) is 0 Å². The van der Waals surface area contributed by atoms with E-state index >= 15 is 0 Å². The highest BCUT2D eigenvalue weighted by molar-refractivity contribution is 5.81. The van der Waals surface area contributed by atoms with Gasteiger partial charge in [-0.3, -0.25) is 9.69 Å². The lowest BCUT2D eigenvalue weighted by Crippen LogP contribution is -2.49. The Kier molecular flexibility index (Phi) is 6.33. The van der Waals surface area contributed by atoms with Crippen molar-refractivity contribution in [3.63, 3.8) is 0 Å². The summed E-state index contributed by atoms with van der Waals surface area (Å²) in [4.78, 5) is 24.9. The van der Waals surface area contributed by atoms with Crippen molar-refractivity contribution < 1.29 is 9.59 Å². The number of aldehydes is 1. The van der Waals surface area contributed by atoms with E-state index in [2.05, 4.69) is 24.1 Å². The zero-order valence-electron chi connectivity index (χ0n) is 11.8. The molecule has 0 aromatic carbocycles. The van der Waals surface area contributed by atoms with Crippen molar-refractivity contribution in [1.29, 1.82) is 0 Å². The first-order valence-electron chi connectivity index (χ1n) is 7.01. The molecule has 1 rings (SSSR count). The Morgan fingerprint density at radius 2 is 2.17 bits per heavy atom. The minimum absolute atomic E-state index is 0.0854. The number of piperidine rings is 1. The molecular formula is C14H26N2O2. The van der Waals surface area contributed by atoms with Gasteiger partial charge in [0.1, 0.15) is 6.29 Å². The summed E-state index contributed by atoms with van der Waals surface area (Å²) in [7, 11) is 0.